The maximum absolute atomic E-state index is 10.1. The average molecular weight is 393 g/mol. The standard InChI is InChI=1S/C25H23N5/c1-17-9-4-5-12-20(17)18-10-8-11-19(15-18)22-21(16-26)25(29-24(27)23(22)28-2)30-13-6-3-7-14-30/h4-5,8-12,15H,3,6-7,13-14H2,1H3,(H2,27,29). The summed E-state index contributed by atoms with van der Waals surface area (Å²) in [4.78, 5) is 10.3. The highest BCUT2D eigenvalue weighted by molar-refractivity contribution is 5.93. The molecule has 0 amide bonds. The third-order valence-electron chi connectivity index (χ3n) is 5.67. The van der Waals surface area contributed by atoms with Gasteiger partial charge in [-0.15, -0.1) is 0 Å². The number of hydrogen-bond acceptors (Lipinski definition) is 4. The van der Waals surface area contributed by atoms with E-state index in [1.165, 1.54) is 12.0 Å². The Morgan fingerprint density at radius 3 is 2.50 bits per heavy atom. The summed E-state index contributed by atoms with van der Waals surface area (Å²) in [6.45, 7) is 11.5. The van der Waals surface area contributed by atoms with Crippen LogP contribution in [0.4, 0.5) is 17.3 Å². The molecule has 1 aliphatic heterocycles. The van der Waals surface area contributed by atoms with Crippen LogP contribution in [0.3, 0.4) is 0 Å². The molecule has 1 saturated heterocycles. The van der Waals surface area contributed by atoms with Crippen molar-refractivity contribution in [3.8, 4) is 28.3 Å². The first-order valence-corrected chi connectivity index (χ1v) is 10.2. The number of rotatable bonds is 3. The van der Waals surface area contributed by atoms with Gasteiger partial charge in [-0.1, -0.05) is 42.5 Å². The number of nitrogens with zero attached hydrogens (tertiary/aromatic N) is 4. The first kappa shape index (κ1) is 19.5. The molecule has 5 heteroatoms. The van der Waals surface area contributed by atoms with Crippen molar-refractivity contribution in [2.45, 2.75) is 26.2 Å². The number of aryl methyl sites for hydroxylation is 1. The van der Waals surface area contributed by atoms with Crippen molar-refractivity contribution >= 4 is 17.3 Å². The second kappa shape index (κ2) is 8.27. The molecule has 2 aromatic carbocycles. The van der Waals surface area contributed by atoms with Crippen LogP contribution in [0.5, 0.6) is 0 Å². The van der Waals surface area contributed by atoms with E-state index in [0.717, 1.165) is 42.6 Å². The van der Waals surface area contributed by atoms with E-state index in [-0.39, 0.29) is 11.5 Å². The molecule has 148 valence electrons. The van der Waals surface area contributed by atoms with E-state index in [9.17, 15) is 5.26 Å². The number of piperidine rings is 1. The molecule has 2 N–H and O–H groups in total. The Morgan fingerprint density at radius 1 is 1.07 bits per heavy atom. The monoisotopic (exact) mass is 393 g/mol. The van der Waals surface area contributed by atoms with Gasteiger partial charge in [-0.25, -0.2) is 9.83 Å². The van der Waals surface area contributed by atoms with Crippen LogP contribution < -0.4 is 10.6 Å². The van der Waals surface area contributed by atoms with Crippen LogP contribution in [0.2, 0.25) is 0 Å². The zero-order valence-electron chi connectivity index (χ0n) is 17.0. The fourth-order valence-corrected chi connectivity index (χ4v) is 4.15. The smallest absolute Gasteiger partial charge is 0.237 e. The topological polar surface area (TPSA) is 70.3 Å². The third kappa shape index (κ3) is 3.47. The maximum atomic E-state index is 10.1. The molecule has 0 bridgehead atoms. The summed E-state index contributed by atoms with van der Waals surface area (Å²) >= 11 is 0. The summed E-state index contributed by atoms with van der Waals surface area (Å²) in [6.07, 6.45) is 3.31. The van der Waals surface area contributed by atoms with Gasteiger partial charge < -0.3 is 10.6 Å². The molecule has 5 nitrogen and oxygen atoms in total. The molecule has 0 aliphatic carbocycles. The van der Waals surface area contributed by atoms with E-state index in [2.05, 4.69) is 39.9 Å². The highest BCUT2D eigenvalue weighted by atomic mass is 15.2. The Labute approximate surface area is 177 Å². The van der Waals surface area contributed by atoms with Gasteiger partial charge in [0.1, 0.15) is 17.7 Å². The van der Waals surface area contributed by atoms with Crippen molar-refractivity contribution in [1.82, 2.24) is 4.98 Å². The van der Waals surface area contributed by atoms with Gasteiger partial charge in [-0.2, -0.15) is 5.26 Å². The van der Waals surface area contributed by atoms with Gasteiger partial charge in [-0.3, -0.25) is 0 Å². The summed E-state index contributed by atoms with van der Waals surface area (Å²) in [5.74, 6) is 0.777. The van der Waals surface area contributed by atoms with Gasteiger partial charge in [0.15, 0.2) is 0 Å². The maximum Gasteiger partial charge on any atom is 0.237 e. The van der Waals surface area contributed by atoms with Crippen LogP contribution in [-0.2, 0) is 0 Å². The molecule has 2 heterocycles. The second-order valence-electron chi connectivity index (χ2n) is 7.59. The van der Waals surface area contributed by atoms with E-state index in [1.54, 1.807) is 0 Å². The van der Waals surface area contributed by atoms with Crippen LogP contribution in [-0.4, -0.2) is 18.1 Å². The second-order valence-corrected chi connectivity index (χ2v) is 7.59. The zero-order chi connectivity index (χ0) is 21.1. The summed E-state index contributed by atoms with van der Waals surface area (Å²) in [5.41, 5.74) is 11.6. The van der Waals surface area contributed by atoms with Crippen LogP contribution >= 0.6 is 0 Å². The van der Waals surface area contributed by atoms with Gasteiger partial charge in [0.25, 0.3) is 0 Å². The predicted molar refractivity (Wildman–Crippen MR) is 121 cm³/mol. The van der Waals surface area contributed by atoms with E-state index in [1.807, 2.05) is 36.4 Å². The third-order valence-corrected chi connectivity index (χ3v) is 5.67. The fraction of sp³-hybridized carbons (Fsp3) is 0.240. The van der Waals surface area contributed by atoms with E-state index >= 15 is 0 Å². The lowest BCUT2D eigenvalue weighted by Crippen LogP contribution is -2.31. The first-order chi connectivity index (χ1) is 14.6. The molecule has 0 unspecified atom stereocenters. The van der Waals surface area contributed by atoms with Gasteiger partial charge in [0, 0.05) is 18.7 Å². The number of aromatic nitrogens is 1. The van der Waals surface area contributed by atoms with Gasteiger partial charge in [0.2, 0.25) is 5.69 Å². The lowest BCUT2D eigenvalue weighted by Gasteiger charge is -2.29. The van der Waals surface area contributed by atoms with Crippen molar-refractivity contribution in [3.05, 3.63) is 71.1 Å². The highest BCUT2D eigenvalue weighted by Gasteiger charge is 2.24. The summed E-state index contributed by atoms with van der Waals surface area (Å²) < 4.78 is 0. The molecule has 1 aliphatic rings. The number of anilines is 2. The minimum absolute atomic E-state index is 0.181. The van der Waals surface area contributed by atoms with Crippen LogP contribution in [0.25, 0.3) is 27.1 Å². The van der Waals surface area contributed by atoms with Crippen molar-refractivity contribution < 1.29 is 0 Å². The molecule has 30 heavy (non-hydrogen) atoms. The minimum atomic E-state index is 0.181. The number of benzene rings is 2. The number of pyridine rings is 1. The first-order valence-electron chi connectivity index (χ1n) is 10.2. The molecule has 1 aromatic heterocycles. The summed E-state index contributed by atoms with van der Waals surface area (Å²) in [7, 11) is 0. The van der Waals surface area contributed by atoms with Crippen molar-refractivity contribution in [1.29, 1.82) is 5.26 Å². The largest absolute Gasteiger partial charge is 0.392 e. The molecule has 0 spiro atoms. The van der Waals surface area contributed by atoms with E-state index in [4.69, 9.17) is 12.3 Å². The Bertz CT molecular complexity index is 1180. The van der Waals surface area contributed by atoms with E-state index in [0.29, 0.717) is 16.9 Å². The van der Waals surface area contributed by atoms with Gasteiger partial charge in [0.05, 0.1) is 12.1 Å². The molecule has 3 aromatic rings. The van der Waals surface area contributed by atoms with Gasteiger partial charge in [-0.05, 0) is 54.5 Å². The number of hydrogen-bond donors (Lipinski definition) is 1. The normalized spacial score (nSPS) is 13.5. The minimum Gasteiger partial charge on any atom is -0.392 e. The quantitative estimate of drug-likeness (QED) is 0.578. The van der Waals surface area contributed by atoms with E-state index < -0.39 is 0 Å². The van der Waals surface area contributed by atoms with Crippen molar-refractivity contribution in [3.63, 3.8) is 0 Å². The molecule has 0 radical (unpaired) electrons. The molecule has 0 saturated carbocycles. The Hall–Kier alpha value is -3.83. The zero-order valence-corrected chi connectivity index (χ0v) is 17.0. The lowest BCUT2D eigenvalue weighted by molar-refractivity contribution is 0.573. The summed E-state index contributed by atoms with van der Waals surface area (Å²) in [6, 6.07) is 18.5. The summed E-state index contributed by atoms with van der Waals surface area (Å²) in [5, 5.41) is 10.1. The SMILES string of the molecule is [C-]#[N+]c1c(N)nc(N2CCCCC2)c(C#N)c1-c1cccc(-c2ccccc2C)c1. The predicted octanol–water partition coefficient (Wildman–Crippen LogP) is 5.72. The number of nitriles is 1. The molecule has 0 atom stereocenters. The Balaban J connectivity index is 1.93. The van der Waals surface area contributed by atoms with Crippen LogP contribution in [0, 0.1) is 24.8 Å². The highest BCUT2D eigenvalue weighted by Crippen LogP contribution is 2.42. The molecular weight excluding hydrogens is 370 g/mol. The van der Waals surface area contributed by atoms with Crippen molar-refractivity contribution in [2.24, 2.45) is 0 Å². The number of nitrogens with two attached hydrogens (primary N) is 1. The lowest BCUT2D eigenvalue weighted by atomic mass is 9.93. The fourth-order valence-electron chi connectivity index (χ4n) is 4.15. The number of nitrogen functional groups attached to an aromatic ring is 1. The Kier molecular flexibility index (Phi) is 5.37. The molecule has 4 rings (SSSR count). The Morgan fingerprint density at radius 2 is 1.80 bits per heavy atom. The molecular formula is C25H23N5. The van der Waals surface area contributed by atoms with Crippen molar-refractivity contribution in [2.75, 3.05) is 23.7 Å². The van der Waals surface area contributed by atoms with Crippen LogP contribution in [0.1, 0.15) is 30.4 Å². The molecule has 1 fully saturated rings. The van der Waals surface area contributed by atoms with Gasteiger partial charge >= 0.3 is 0 Å². The van der Waals surface area contributed by atoms with Crippen LogP contribution in [0.15, 0.2) is 48.5 Å². The average Bonchev–Trinajstić information content (AvgIpc) is 2.79.